The number of rotatable bonds is 3. The Morgan fingerprint density at radius 3 is 2.31 bits per heavy atom. The minimum atomic E-state index is -1.47. The van der Waals surface area contributed by atoms with E-state index in [-0.39, 0.29) is 5.57 Å². The summed E-state index contributed by atoms with van der Waals surface area (Å²) < 4.78 is 14.5. The van der Waals surface area contributed by atoms with E-state index in [1.165, 1.54) is 27.2 Å². The van der Waals surface area contributed by atoms with E-state index in [0.29, 0.717) is 0 Å². The van der Waals surface area contributed by atoms with Gasteiger partial charge in [-0.15, -0.1) is 0 Å². The zero-order valence-electron chi connectivity index (χ0n) is 7.73. The van der Waals surface area contributed by atoms with Gasteiger partial charge in [0.15, 0.2) is 0 Å². The Kier molecular flexibility index (Phi) is 2.70. The van der Waals surface area contributed by atoms with Gasteiger partial charge in [-0.3, -0.25) is 0 Å². The van der Waals surface area contributed by atoms with Crippen molar-refractivity contribution in [3.8, 4) is 0 Å². The zero-order valence-corrected chi connectivity index (χ0v) is 7.73. The van der Waals surface area contributed by atoms with E-state index in [2.05, 4.69) is 0 Å². The summed E-state index contributed by atoms with van der Waals surface area (Å²) in [6.45, 7) is 1.47. The first-order valence-corrected chi connectivity index (χ1v) is 3.79. The van der Waals surface area contributed by atoms with Crippen LogP contribution in [0.1, 0.15) is 6.92 Å². The van der Waals surface area contributed by atoms with E-state index in [4.69, 9.17) is 19.3 Å². The van der Waals surface area contributed by atoms with Crippen LogP contribution in [0, 0.1) is 0 Å². The van der Waals surface area contributed by atoms with Crippen LogP contribution in [0.5, 0.6) is 0 Å². The minimum absolute atomic E-state index is 0.142. The molecule has 0 radical (unpaired) electrons. The third-order valence-corrected chi connectivity index (χ3v) is 1.82. The Bertz CT molecular complexity index is 239. The summed E-state index contributed by atoms with van der Waals surface area (Å²) in [5.74, 6) is -2.10. The molecular formula is C8H12O5. The molecule has 74 valence electrons. The summed E-state index contributed by atoms with van der Waals surface area (Å²) in [6, 6.07) is 0. The number of hydrogen-bond acceptors (Lipinski definition) is 5. The second-order valence-corrected chi connectivity index (χ2v) is 2.68. The maximum absolute atomic E-state index is 11.1. The van der Waals surface area contributed by atoms with Crippen molar-refractivity contribution in [2.24, 2.45) is 0 Å². The van der Waals surface area contributed by atoms with Crippen molar-refractivity contribution in [1.29, 1.82) is 0 Å². The maximum Gasteiger partial charge on any atom is 0.351 e. The van der Waals surface area contributed by atoms with E-state index < -0.39 is 18.0 Å². The molecular weight excluding hydrogens is 176 g/mol. The molecule has 1 unspecified atom stereocenters. The molecule has 0 amide bonds. The number of cyclic esters (lactones) is 1. The summed E-state index contributed by atoms with van der Waals surface area (Å²) in [5, 5.41) is 9.17. The predicted octanol–water partition coefficient (Wildman–Crippen LogP) is -0.203. The first-order valence-electron chi connectivity index (χ1n) is 3.79. The number of ether oxygens (including phenoxy) is 3. The van der Waals surface area contributed by atoms with Crippen LogP contribution in [-0.4, -0.2) is 37.4 Å². The highest BCUT2D eigenvalue weighted by Gasteiger charge is 2.42. The molecule has 0 aromatic carbocycles. The van der Waals surface area contributed by atoms with Crippen LogP contribution < -0.4 is 0 Å². The number of carbonyl (C=O) groups is 1. The summed E-state index contributed by atoms with van der Waals surface area (Å²) >= 11 is 0. The van der Waals surface area contributed by atoms with Gasteiger partial charge in [-0.1, -0.05) is 0 Å². The summed E-state index contributed by atoms with van der Waals surface area (Å²) in [5.41, 5.74) is 0.142. The average Bonchev–Trinajstić information content (AvgIpc) is 2.44. The Hall–Kier alpha value is -0.910. The van der Waals surface area contributed by atoms with Crippen molar-refractivity contribution >= 4 is 5.97 Å². The van der Waals surface area contributed by atoms with Crippen LogP contribution in [0.2, 0.25) is 0 Å². The highest BCUT2D eigenvalue weighted by Crippen LogP contribution is 2.27. The van der Waals surface area contributed by atoms with E-state index >= 15 is 0 Å². The van der Waals surface area contributed by atoms with Crippen LogP contribution in [0.3, 0.4) is 0 Å². The number of methoxy groups -OCH3 is 2. The number of esters is 1. The van der Waals surface area contributed by atoms with Gasteiger partial charge in [0.25, 0.3) is 0 Å². The standard InChI is InChI=1S/C8H12O5/c1-5(9)6-4-8(11-2,12-3)13-7(6)10/h4-5,9H,1-3H3. The number of hydrogen-bond donors (Lipinski definition) is 1. The van der Waals surface area contributed by atoms with Crippen molar-refractivity contribution in [2.75, 3.05) is 14.2 Å². The lowest BCUT2D eigenvalue weighted by Gasteiger charge is -2.21. The van der Waals surface area contributed by atoms with Crippen LogP contribution >= 0.6 is 0 Å². The van der Waals surface area contributed by atoms with Gasteiger partial charge in [0, 0.05) is 20.3 Å². The fourth-order valence-electron chi connectivity index (χ4n) is 1.04. The Morgan fingerprint density at radius 2 is 2.08 bits per heavy atom. The molecule has 1 N–H and O–H groups in total. The van der Waals surface area contributed by atoms with Gasteiger partial charge in [0.1, 0.15) is 0 Å². The average molecular weight is 188 g/mol. The van der Waals surface area contributed by atoms with Crippen LogP contribution in [-0.2, 0) is 19.0 Å². The fraction of sp³-hybridized carbons (Fsp3) is 0.625. The number of aliphatic hydroxyl groups is 1. The van der Waals surface area contributed by atoms with Crippen molar-refractivity contribution in [1.82, 2.24) is 0 Å². The van der Waals surface area contributed by atoms with Crippen molar-refractivity contribution in [3.63, 3.8) is 0 Å². The topological polar surface area (TPSA) is 65.0 Å². The van der Waals surface area contributed by atoms with Crippen LogP contribution in [0.15, 0.2) is 11.6 Å². The molecule has 1 atom stereocenters. The van der Waals surface area contributed by atoms with Gasteiger partial charge in [-0.25, -0.2) is 4.79 Å². The monoisotopic (exact) mass is 188 g/mol. The van der Waals surface area contributed by atoms with Crippen molar-refractivity contribution in [2.45, 2.75) is 19.0 Å². The zero-order chi connectivity index (χ0) is 10.1. The molecule has 0 bridgehead atoms. The Labute approximate surface area is 75.9 Å². The Morgan fingerprint density at radius 1 is 1.54 bits per heavy atom. The largest absolute Gasteiger partial charge is 0.401 e. The molecule has 13 heavy (non-hydrogen) atoms. The molecule has 0 saturated heterocycles. The molecule has 5 heteroatoms. The molecule has 1 aliphatic heterocycles. The van der Waals surface area contributed by atoms with Gasteiger partial charge in [-0.2, -0.15) is 0 Å². The molecule has 0 aromatic heterocycles. The normalized spacial score (nSPS) is 22.5. The molecule has 0 aromatic rings. The fourth-order valence-corrected chi connectivity index (χ4v) is 1.04. The molecule has 0 spiro atoms. The SMILES string of the molecule is COC1(OC)C=C(C(C)O)C(=O)O1. The summed E-state index contributed by atoms with van der Waals surface area (Å²) in [6.07, 6.45) is 0.430. The first-order chi connectivity index (χ1) is 6.04. The lowest BCUT2D eigenvalue weighted by Crippen LogP contribution is -2.32. The van der Waals surface area contributed by atoms with E-state index in [1.807, 2.05) is 0 Å². The quantitative estimate of drug-likeness (QED) is 0.490. The minimum Gasteiger partial charge on any atom is -0.401 e. The smallest absolute Gasteiger partial charge is 0.351 e. The number of carbonyl (C=O) groups excluding carboxylic acids is 1. The molecule has 1 aliphatic rings. The van der Waals surface area contributed by atoms with Gasteiger partial charge in [0.2, 0.25) is 0 Å². The molecule has 0 saturated carbocycles. The van der Waals surface area contributed by atoms with Gasteiger partial charge >= 0.3 is 11.9 Å². The van der Waals surface area contributed by atoms with E-state index in [1.54, 1.807) is 0 Å². The lowest BCUT2D eigenvalue weighted by atomic mass is 10.2. The molecule has 1 heterocycles. The highest BCUT2D eigenvalue weighted by atomic mass is 16.9. The van der Waals surface area contributed by atoms with E-state index in [9.17, 15) is 4.79 Å². The van der Waals surface area contributed by atoms with Gasteiger partial charge < -0.3 is 19.3 Å². The maximum atomic E-state index is 11.1. The summed E-state index contributed by atoms with van der Waals surface area (Å²) in [4.78, 5) is 11.1. The second-order valence-electron chi connectivity index (χ2n) is 2.68. The molecule has 5 nitrogen and oxygen atoms in total. The van der Waals surface area contributed by atoms with Crippen molar-refractivity contribution in [3.05, 3.63) is 11.6 Å². The highest BCUT2D eigenvalue weighted by molar-refractivity contribution is 5.92. The molecule has 0 fully saturated rings. The second kappa shape index (κ2) is 3.45. The molecule has 1 rings (SSSR count). The third kappa shape index (κ3) is 1.72. The predicted molar refractivity (Wildman–Crippen MR) is 42.6 cm³/mol. The first kappa shape index (κ1) is 10.2. The van der Waals surface area contributed by atoms with Gasteiger partial charge in [0.05, 0.1) is 11.7 Å². The van der Waals surface area contributed by atoms with Crippen molar-refractivity contribution < 1.29 is 24.1 Å². The van der Waals surface area contributed by atoms with Crippen LogP contribution in [0.4, 0.5) is 0 Å². The Balaban J connectivity index is 2.92. The number of aliphatic hydroxyl groups excluding tert-OH is 1. The van der Waals surface area contributed by atoms with E-state index in [0.717, 1.165) is 0 Å². The third-order valence-electron chi connectivity index (χ3n) is 1.82. The van der Waals surface area contributed by atoms with Gasteiger partial charge in [-0.05, 0) is 6.92 Å². The molecule has 0 aliphatic carbocycles. The van der Waals surface area contributed by atoms with Crippen LogP contribution in [0.25, 0.3) is 0 Å². The summed E-state index contributed by atoms with van der Waals surface area (Å²) in [7, 11) is 2.69. The lowest BCUT2D eigenvalue weighted by molar-refractivity contribution is -0.304.